The number of hydrogen-bond donors (Lipinski definition) is 1. The third-order valence-corrected chi connectivity index (χ3v) is 8.54. The molecular weight excluding hydrogens is 468 g/mol. The fraction of sp³-hybridized carbons (Fsp3) is 1.00. The van der Waals surface area contributed by atoms with Crippen molar-refractivity contribution in [1.29, 1.82) is 0 Å². The first-order valence-electron chi connectivity index (χ1n) is 17.7. The molecule has 1 rings (SSSR count). The first-order chi connectivity index (χ1) is 18.9. The van der Waals surface area contributed by atoms with Crippen LogP contribution in [-0.4, -0.2) is 37.6 Å². The molecule has 0 amide bonds. The third-order valence-electron chi connectivity index (χ3n) is 8.54. The Morgan fingerprint density at radius 3 is 0.842 bits per heavy atom. The lowest BCUT2D eigenvalue weighted by atomic mass is 10.0. The van der Waals surface area contributed by atoms with Gasteiger partial charge in [-0.05, 0) is 12.8 Å². The summed E-state index contributed by atoms with van der Waals surface area (Å²) in [6.45, 7) is 2.17. The summed E-state index contributed by atoms with van der Waals surface area (Å²) >= 11 is 0. The molecule has 38 heavy (non-hydrogen) atoms. The first kappa shape index (κ1) is 35.9. The predicted molar refractivity (Wildman–Crippen MR) is 166 cm³/mol. The summed E-state index contributed by atoms with van der Waals surface area (Å²) in [5.41, 5.74) is 0. The Labute approximate surface area is 239 Å². The van der Waals surface area contributed by atoms with E-state index >= 15 is 0 Å². The maximum atomic E-state index is 9.56. The Bertz CT molecular complexity index is 391. The molecule has 1 fully saturated rings. The van der Waals surface area contributed by atoms with Gasteiger partial charge in [0.15, 0.2) is 0 Å². The summed E-state index contributed by atoms with van der Waals surface area (Å²) in [6, 6.07) is 0. The third kappa shape index (κ3) is 27.4. The lowest BCUT2D eigenvalue weighted by molar-refractivity contribution is -0.0437. The number of ether oxygens (including phenoxy) is 2. The molecule has 1 aliphatic heterocycles. The van der Waals surface area contributed by atoms with Crippen LogP contribution in [0.15, 0.2) is 0 Å². The Morgan fingerprint density at radius 2 is 0.579 bits per heavy atom. The van der Waals surface area contributed by atoms with Crippen LogP contribution in [0.25, 0.3) is 0 Å². The molecule has 0 aliphatic carbocycles. The summed E-state index contributed by atoms with van der Waals surface area (Å²) < 4.78 is 11.6. The van der Waals surface area contributed by atoms with Crippen LogP contribution >= 0.6 is 0 Å². The van der Waals surface area contributed by atoms with Gasteiger partial charge >= 0.3 is 0 Å². The largest absolute Gasteiger partial charge is 0.394 e. The van der Waals surface area contributed by atoms with Crippen LogP contribution in [0.2, 0.25) is 0 Å². The van der Waals surface area contributed by atoms with Gasteiger partial charge in [-0.25, -0.2) is 0 Å². The Morgan fingerprint density at radius 1 is 0.342 bits per heavy atom. The first-order valence-corrected chi connectivity index (χ1v) is 17.7. The van der Waals surface area contributed by atoms with Crippen LogP contribution in [0.3, 0.4) is 0 Å². The number of rotatable bonds is 1. The summed E-state index contributed by atoms with van der Waals surface area (Å²) in [5.74, 6) is 0. The van der Waals surface area contributed by atoms with Crippen LogP contribution in [-0.2, 0) is 9.47 Å². The highest BCUT2D eigenvalue weighted by molar-refractivity contribution is 4.56. The van der Waals surface area contributed by atoms with Crippen molar-refractivity contribution in [2.24, 2.45) is 0 Å². The van der Waals surface area contributed by atoms with E-state index in [1.807, 2.05) is 0 Å². The van der Waals surface area contributed by atoms with Gasteiger partial charge in [-0.2, -0.15) is 0 Å². The molecule has 0 spiro atoms. The van der Waals surface area contributed by atoms with Crippen molar-refractivity contribution < 1.29 is 14.6 Å². The summed E-state index contributed by atoms with van der Waals surface area (Å²) in [4.78, 5) is 0. The molecule has 1 heterocycles. The zero-order chi connectivity index (χ0) is 27.0. The molecule has 3 nitrogen and oxygen atoms in total. The second-order valence-electron chi connectivity index (χ2n) is 12.4. The minimum Gasteiger partial charge on any atom is -0.394 e. The zero-order valence-corrected chi connectivity index (χ0v) is 25.9. The predicted octanol–water partition coefficient (Wildman–Crippen LogP) is 11.1. The molecule has 0 aromatic carbocycles. The van der Waals surface area contributed by atoms with E-state index in [1.165, 1.54) is 180 Å². The molecule has 0 bridgehead atoms. The fourth-order valence-electron chi connectivity index (χ4n) is 5.87. The molecular formula is C35H70O3. The van der Waals surface area contributed by atoms with Crippen LogP contribution in [0.1, 0.15) is 193 Å². The Balaban J connectivity index is 2.09. The van der Waals surface area contributed by atoms with E-state index in [9.17, 15) is 5.11 Å². The van der Waals surface area contributed by atoms with Gasteiger partial charge in [0.25, 0.3) is 0 Å². The Kier molecular flexibility index (Phi) is 29.7. The van der Waals surface area contributed by atoms with Crippen LogP contribution < -0.4 is 0 Å². The molecule has 1 N–H and O–H groups in total. The molecule has 0 radical (unpaired) electrons. The van der Waals surface area contributed by atoms with Crippen molar-refractivity contribution in [2.45, 2.75) is 199 Å². The van der Waals surface area contributed by atoms with Gasteiger partial charge in [0.1, 0.15) is 6.10 Å². The molecule has 1 aliphatic rings. The average molecular weight is 539 g/mol. The maximum absolute atomic E-state index is 9.56. The van der Waals surface area contributed by atoms with E-state index in [4.69, 9.17) is 9.47 Å². The lowest BCUT2D eigenvalue weighted by Gasteiger charge is -2.15. The number of hydrogen-bond acceptors (Lipinski definition) is 3. The van der Waals surface area contributed by atoms with Crippen molar-refractivity contribution in [3.05, 3.63) is 0 Å². The molecule has 0 aromatic heterocycles. The van der Waals surface area contributed by atoms with Crippen LogP contribution in [0, 0.1) is 0 Å². The SMILES string of the molecule is OC[C@H]1COCCCCCCCCCCCCCCCCCCCCCCCCCCCCCCCCO1. The minimum atomic E-state index is -0.147. The van der Waals surface area contributed by atoms with E-state index in [0.29, 0.717) is 6.61 Å². The highest BCUT2D eigenvalue weighted by Gasteiger charge is 2.07. The van der Waals surface area contributed by atoms with Crippen molar-refractivity contribution >= 4 is 0 Å². The highest BCUT2D eigenvalue weighted by atomic mass is 16.5. The topological polar surface area (TPSA) is 38.7 Å². The lowest BCUT2D eigenvalue weighted by Crippen LogP contribution is -2.24. The van der Waals surface area contributed by atoms with Crippen molar-refractivity contribution in [3.8, 4) is 0 Å². The smallest absolute Gasteiger partial charge is 0.104 e. The molecule has 1 saturated heterocycles. The average Bonchev–Trinajstić information content (AvgIpc) is 2.93. The number of aliphatic hydroxyl groups excluding tert-OH is 1. The van der Waals surface area contributed by atoms with E-state index < -0.39 is 0 Å². The van der Waals surface area contributed by atoms with Gasteiger partial charge in [0.05, 0.1) is 13.2 Å². The maximum Gasteiger partial charge on any atom is 0.104 e. The molecule has 0 aromatic rings. The summed E-state index contributed by atoms with van der Waals surface area (Å²) in [7, 11) is 0. The molecule has 1 atom stereocenters. The monoisotopic (exact) mass is 539 g/mol. The molecule has 3 heteroatoms. The quantitative estimate of drug-likeness (QED) is 0.361. The van der Waals surface area contributed by atoms with Crippen LogP contribution in [0.5, 0.6) is 0 Å². The van der Waals surface area contributed by atoms with Crippen molar-refractivity contribution in [2.75, 3.05) is 26.4 Å². The van der Waals surface area contributed by atoms with E-state index in [1.54, 1.807) is 0 Å². The number of aliphatic hydroxyl groups is 1. The summed E-state index contributed by atoms with van der Waals surface area (Å²) in [6.07, 6.45) is 42.0. The highest BCUT2D eigenvalue weighted by Crippen LogP contribution is 2.16. The van der Waals surface area contributed by atoms with Gasteiger partial charge in [0, 0.05) is 13.2 Å². The van der Waals surface area contributed by atoms with E-state index in [2.05, 4.69) is 0 Å². The zero-order valence-electron chi connectivity index (χ0n) is 25.9. The van der Waals surface area contributed by atoms with Gasteiger partial charge < -0.3 is 14.6 Å². The molecule has 0 unspecified atom stereocenters. The van der Waals surface area contributed by atoms with E-state index in [-0.39, 0.29) is 12.7 Å². The van der Waals surface area contributed by atoms with Gasteiger partial charge in [-0.3, -0.25) is 0 Å². The van der Waals surface area contributed by atoms with Crippen LogP contribution in [0.4, 0.5) is 0 Å². The summed E-state index contributed by atoms with van der Waals surface area (Å²) in [5, 5.41) is 9.56. The standard InChI is InChI=1S/C35H70O3/c36-33-35-34-37-31-29-27-25-23-21-19-17-15-13-11-9-7-5-3-1-2-4-6-8-10-12-14-16-18-20-22-24-26-28-30-32-38-35/h35-36H,1-34H2/t35-/m0/s1. The van der Waals surface area contributed by atoms with Gasteiger partial charge in [-0.15, -0.1) is 0 Å². The Hall–Kier alpha value is -0.120. The normalized spacial score (nSPS) is 25.3. The van der Waals surface area contributed by atoms with Crippen molar-refractivity contribution in [3.63, 3.8) is 0 Å². The van der Waals surface area contributed by atoms with E-state index in [0.717, 1.165) is 26.1 Å². The minimum absolute atomic E-state index is 0.0694. The molecule has 228 valence electrons. The second kappa shape index (κ2) is 31.4. The second-order valence-corrected chi connectivity index (χ2v) is 12.4. The molecule has 0 saturated carbocycles. The fourth-order valence-corrected chi connectivity index (χ4v) is 5.87. The van der Waals surface area contributed by atoms with Gasteiger partial charge in [-0.1, -0.05) is 180 Å². The van der Waals surface area contributed by atoms with Gasteiger partial charge in [0.2, 0.25) is 0 Å². The van der Waals surface area contributed by atoms with Crippen molar-refractivity contribution in [1.82, 2.24) is 0 Å².